The number of halogens is 2. The third-order valence-corrected chi connectivity index (χ3v) is 3.93. The summed E-state index contributed by atoms with van der Waals surface area (Å²) >= 11 is 0. The first-order valence-corrected chi connectivity index (χ1v) is 7.57. The lowest BCUT2D eigenvalue weighted by Gasteiger charge is -2.24. The van der Waals surface area contributed by atoms with Gasteiger partial charge in [0.25, 0.3) is 5.56 Å². The number of hydrogen-bond donors (Lipinski definition) is 1. The van der Waals surface area contributed by atoms with Gasteiger partial charge in [0, 0.05) is 12.5 Å². The molecule has 0 amide bonds. The van der Waals surface area contributed by atoms with Gasteiger partial charge in [0.05, 0.1) is 0 Å². The highest BCUT2D eigenvalue weighted by molar-refractivity contribution is 5.95. The molecule has 8 heteroatoms. The Morgan fingerprint density at radius 1 is 1.24 bits per heavy atom. The Labute approximate surface area is 141 Å². The second-order valence-corrected chi connectivity index (χ2v) is 6.53. The SMILES string of the molecule is Cc1nc(C(=O)CC(C)(C)c2ccc3c(c2)OC(F)(F)O3)cc(=O)[nH]1. The van der Waals surface area contributed by atoms with Crippen molar-refractivity contribution in [2.75, 3.05) is 0 Å². The largest absolute Gasteiger partial charge is 0.586 e. The minimum Gasteiger partial charge on any atom is -0.395 e. The molecule has 0 radical (unpaired) electrons. The number of nitrogens with zero attached hydrogens (tertiary/aromatic N) is 1. The van der Waals surface area contributed by atoms with E-state index in [1.54, 1.807) is 26.8 Å². The molecule has 0 saturated carbocycles. The van der Waals surface area contributed by atoms with Crippen LogP contribution in [0.5, 0.6) is 11.5 Å². The van der Waals surface area contributed by atoms with E-state index in [0.29, 0.717) is 11.4 Å². The molecule has 1 aromatic carbocycles. The molecule has 0 fully saturated rings. The molecule has 3 rings (SSSR count). The maximum atomic E-state index is 13.1. The van der Waals surface area contributed by atoms with Crippen LogP contribution >= 0.6 is 0 Å². The van der Waals surface area contributed by atoms with E-state index >= 15 is 0 Å². The van der Waals surface area contributed by atoms with Crippen LogP contribution in [-0.4, -0.2) is 22.0 Å². The molecule has 25 heavy (non-hydrogen) atoms. The summed E-state index contributed by atoms with van der Waals surface area (Å²) in [6, 6.07) is 5.56. The Hall–Kier alpha value is -2.77. The number of hydrogen-bond acceptors (Lipinski definition) is 5. The van der Waals surface area contributed by atoms with Crippen LogP contribution in [0.1, 0.15) is 42.1 Å². The molecule has 132 valence electrons. The van der Waals surface area contributed by atoms with E-state index < -0.39 is 17.3 Å². The Morgan fingerprint density at radius 3 is 2.60 bits per heavy atom. The van der Waals surface area contributed by atoms with Gasteiger partial charge in [-0.1, -0.05) is 19.9 Å². The molecule has 2 aromatic rings. The number of carbonyl (C=O) groups excluding carboxylic acids is 1. The van der Waals surface area contributed by atoms with E-state index in [2.05, 4.69) is 19.4 Å². The zero-order chi connectivity index (χ0) is 18.4. The number of carbonyl (C=O) groups is 1. The summed E-state index contributed by atoms with van der Waals surface area (Å²) in [5.41, 5.74) is -0.394. The highest BCUT2D eigenvalue weighted by Gasteiger charge is 2.44. The van der Waals surface area contributed by atoms with Gasteiger partial charge in [-0.05, 0) is 30.0 Å². The van der Waals surface area contributed by atoms with Crippen LogP contribution in [0.2, 0.25) is 0 Å². The molecule has 6 nitrogen and oxygen atoms in total. The lowest BCUT2D eigenvalue weighted by Crippen LogP contribution is -2.26. The number of Topliss-reactive ketones (excluding diaryl/α,β-unsaturated/α-hetero) is 1. The molecule has 2 heterocycles. The van der Waals surface area contributed by atoms with Crippen LogP contribution in [0.25, 0.3) is 0 Å². The third-order valence-electron chi connectivity index (χ3n) is 3.93. The van der Waals surface area contributed by atoms with E-state index in [1.807, 2.05) is 0 Å². The summed E-state index contributed by atoms with van der Waals surface area (Å²) in [7, 11) is 0. The van der Waals surface area contributed by atoms with Crippen molar-refractivity contribution in [3.05, 3.63) is 51.7 Å². The molecule has 0 aliphatic carbocycles. The van der Waals surface area contributed by atoms with E-state index in [4.69, 9.17) is 0 Å². The topological polar surface area (TPSA) is 81.3 Å². The fraction of sp³-hybridized carbons (Fsp3) is 0.353. The molecule has 0 bridgehead atoms. The number of nitrogens with one attached hydrogen (secondary N) is 1. The number of aryl methyl sites for hydroxylation is 1. The number of alkyl halides is 2. The molecule has 1 aliphatic rings. The van der Waals surface area contributed by atoms with Crippen molar-refractivity contribution in [1.29, 1.82) is 0 Å². The van der Waals surface area contributed by atoms with Crippen molar-refractivity contribution in [1.82, 2.24) is 9.97 Å². The number of benzene rings is 1. The predicted octanol–water partition coefficient (Wildman–Crippen LogP) is 2.95. The van der Waals surface area contributed by atoms with Crippen molar-refractivity contribution in [3.8, 4) is 11.5 Å². The Morgan fingerprint density at radius 2 is 1.92 bits per heavy atom. The number of ether oxygens (including phenoxy) is 2. The van der Waals surface area contributed by atoms with Gasteiger partial charge in [-0.25, -0.2) is 4.98 Å². The second-order valence-electron chi connectivity index (χ2n) is 6.53. The van der Waals surface area contributed by atoms with Gasteiger partial charge in [0.1, 0.15) is 11.5 Å². The molecular weight excluding hydrogens is 334 g/mol. The van der Waals surface area contributed by atoms with E-state index in [1.165, 1.54) is 12.1 Å². The third kappa shape index (κ3) is 3.52. The lowest BCUT2D eigenvalue weighted by atomic mass is 9.79. The Kier molecular flexibility index (Phi) is 3.85. The van der Waals surface area contributed by atoms with Crippen LogP contribution in [-0.2, 0) is 5.41 Å². The maximum Gasteiger partial charge on any atom is 0.586 e. The zero-order valence-corrected chi connectivity index (χ0v) is 13.9. The molecule has 0 unspecified atom stereocenters. The number of fused-ring (bicyclic) bond motifs is 1. The fourth-order valence-electron chi connectivity index (χ4n) is 2.69. The lowest BCUT2D eigenvalue weighted by molar-refractivity contribution is -0.286. The highest BCUT2D eigenvalue weighted by Crippen LogP contribution is 2.43. The molecule has 1 aliphatic heterocycles. The van der Waals surface area contributed by atoms with Crippen LogP contribution < -0.4 is 15.0 Å². The van der Waals surface area contributed by atoms with E-state index in [9.17, 15) is 18.4 Å². The van der Waals surface area contributed by atoms with Gasteiger partial charge >= 0.3 is 6.29 Å². The summed E-state index contributed by atoms with van der Waals surface area (Å²) < 4.78 is 35.1. The van der Waals surface area contributed by atoms with Gasteiger partial charge in [-0.15, -0.1) is 8.78 Å². The number of ketones is 1. The first kappa shape index (κ1) is 17.1. The summed E-state index contributed by atoms with van der Waals surface area (Å²) in [6.07, 6.45) is -3.65. The van der Waals surface area contributed by atoms with Crippen molar-refractivity contribution in [2.24, 2.45) is 0 Å². The normalized spacial score (nSPS) is 15.2. The summed E-state index contributed by atoms with van der Waals surface area (Å²) in [5.74, 6) is -0.0999. The summed E-state index contributed by atoms with van der Waals surface area (Å²) in [5, 5.41) is 0. The van der Waals surface area contributed by atoms with Crippen LogP contribution in [0.15, 0.2) is 29.1 Å². The van der Waals surface area contributed by atoms with Crippen molar-refractivity contribution in [3.63, 3.8) is 0 Å². The van der Waals surface area contributed by atoms with Crippen LogP contribution in [0.3, 0.4) is 0 Å². The molecule has 0 spiro atoms. The second kappa shape index (κ2) is 5.65. The quantitative estimate of drug-likeness (QED) is 0.858. The van der Waals surface area contributed by atoms with Gasteiger partial charge in [0.2, 0.25) is 0 Å². The van der Waals surface area contributed by atoms with Gasteiger partial charge < -0.3 is 14.5 Å². The average Bonchev–Trinajstić information content (AvgIpc) is 2.78. The molecule has 0 atom stereocenters. The summed E-state index contributed by atoms with van der Waals surface area (Å²) in [6.45, 7) is 5.17. The minimum absolute atomic E-state index is 0.0406. The van der Waals surface area contributed by atoms with Gasteiger partial charge in [-0.2, -0.15) is 0 Å². The van der Waals surface area contributed by atoms with Crippen LogP contribution in [0.4, 0.5) is 8.78 Å². The smallest absolute Gasteiger partial charge is 0.395 e. The highest BCUT2D eigenvalue weighted by atomic mass is 19.3. The summed E-state index contributed by atoms with van der Waals surface area (Å²) in [4.78, 5) is 30.5. The number of rotatable bonds is 4. The number of aromatic nitrogens is 2. The zero-order valence-electron chi connectivity index (χ0n) is 13.9. The molecular formula is C17H16F2N2O4. The molecule has 0 saturated heterocycles. The minimum atomic E-state index is -3.69. The number of H-pyrrole nitrogens is 1. The van der Waals surface area contributed by atoms with Gasteiger partial charge in [-0.3, -0.25) is 9.59 Å². The Bertz CT molecular complexity index is 906. The van der Waals surface area contributed by atoms with Gasteiger partial charge in [0.15, 0.2) is 17.3 Å². The van der Waals surface area contributed by atoms with Crippen molar-refractivity contribution < 1.29 is 23.0 Å². The first-order chi connectivity index (χ1) is 11.6. The molecule has 1 N–H and O–H groups in total. The van der Waals surface area contributed by atoms with Crippen molar-refractivity contribution >= 4 is 5.78 Å². The maximum absolute atomic E-state index is 13.1. The average molecular weight is 350 g/mol. The standard InChI is InChI=1S/C17H16F2N2O4/c1-9-20-11(7-15(23)21-9)12(22)8-16(2,3)10-4-5-13-14(6-10)25-17(18,19)24-13/h4-7H,8H2,1-3H3,(H,20,21,23). The van der Waals surface area contributed by atoms with E-state index in [-0.39, 0.29) is 29.4 Å². The Balaban J connectivity index is 1.85. The van der Waals surface area contributed by atoms with Crippen molar-refractivity contribution in [2.45, 2.75) is 38.9 Å². The molecule has 1 aromatic heterocycles. The fourth-order valence-corrected chi connectivity index (χ4v) is 2.69. The number of aromatic amines is 1. The first-order valence-electron chi connectivity index (χ1n) is 7.57. The predicted molar refractivity (Wildman–Crippen MR) is 84.2 cm³/mol. The van der Waals surface area contributed by atoms with E-state index in [0.717, 1.165) is 6.07 Å². The monoisotopic (exact) mass is 350 g/mol. The van der Waals surface area contributed by atoms with Crippen LogP contribution in [0, 0.1) is 6.92 Å².